The van der Waals surface area contributed by atoms with Crippen molar-refractivity contribution >= 4 is 38.0 Å². The SMILES string of the molecule is CN1CCc2cc(Cc3ccc4ccc5cccc6ccc3c4c56)ccc21. The fraction of sp³-hybridized carbons (Fsp3) is 0.154. The maximum absolute atomic E-state index is 2.41. The molecule has 5 aromatic carbocycles. The van der Waals surface area contributed by atoms with Crippen molar-refractivity contribution in [2.75, 3.05) is 18.5 Å². The molecule has 0 saturated carbocycles. The van der Waals surface area contributed by atoms with Crippen LogP contribution >= 0.6 is 0 Å². The first kappa shape index (κ1) is 15.0. The van der Waals surface area contributed by atoms with Crippen molar-refractivity contribution < 1.29 is 0 Å². The van der Waals surface area contributed by atoms with E-state index >= 15 is 0 Å². The number of benzene rings is 5. The van der Waals surface area contributed by atoms with Crippen molar-refractivity contribution in [3.8, 4) is 0 Å². The normalized spacial score (nSPS) is 13.9. The molecular formula is C26H21N. The largest absolute Gasteiger partial charge is 0.374 e. The summed E-state index contributed by atoms with van der Waals surface area (Å²) >= 11 is 0. The van der Waals surface area contributed by atoms with Crippen LogP contribution in [0.4, 0.5) is 5.69 Å². The summed E-state index contributed by atoms with van der Waals surface area (Å²) in [5.41, 5.74) is 5.73. The van der Waals surface area contributed by atoms with Gasteiger partial charge < -0.3 is 4.90 Å². The first-order valence-corrected chi connectivity index (χ1v) is 9.76. The zero-order valence-electron chi connectivity index (χ0n) is 15.5. The maximum atomic E-state index is 2.41. The molecule has 6 rings (SSSR count). The summed E-state index contributed by atoms with van der Waals surface area (Å²) in [6.07, 6.45) is 2.16. The van der Waals surface area contributed by atoms with E-state index in [1.807, 2.05) is 0 Å². The minimum atomic E-state index is 0.991. The van der Waals surface area contributed by atoms with Gasteiger partial charge in [0.2, 0.25) is 0 Å². The van der Waals surface area contributed by atoms with Crippen LogP contribution in [0.1, 0.15) is 16.7 Å². The minimum absolute atomic E-state index is 0.991. The summed E-state index contributed by atoms with van der Waals surface area (Å²) in [7, 11) is 2.19. The lowest BCUT2D eigenvalue weighted by Crippen LogP contribution is -2.12. The molecule has 0 N–H and O–H groups in total. The van der Waals surface area contributed by atoms with E-state index in [4.69, 9.17) is 0 Å². The molecule has 130 valence electrons. The molecule has 0 unspecified atom stereocenters. The van der Waals surface area contributed by atoms with E-state index in [2.05, 4.69) is 84.7 Å². The molecule has 0 spiro atoms. The van der Waals surface area contributed by atoms with Crippen LogP contribution < -0.4 is 4.90 Å². The summed E-state index contributed by atoms with van der Waals surface area (Å²) in [5.74, 6) is 0. The van der Waals surface area contributed by atoms with Crippen LogP contribution in [-0.4, -0.2) is 13.6 Å². The maximum Gasteiger partial charge on any atom is 0.0397 e. The van der Waals surface area contributed by atoms with Gasteiger partial charge in [-0.05, 0) is 67.9 Å². The second kappa shape index (κ2) is 5.47. The number of hydrogen-bond acceptors (Lipinski definition) is 1. The van der Waals surface area contributed by atoms with Crippen LogP contribution in [0.5, 0.6) is 0 Å². The highest BCUT2D eigenvalue weighted by molar-refractivity contribution is 6.23. The van der Waals surface area contributed by atoms with Gasteiger partial charge in [-0.2, -0.15) is 0 Å². The molecule has 0 fully saturated rings. The van der Waals surface area contributed by atoms with Crippen LogP contribution in [-0.2, 0) is 12.8 Å². The van der Waals surface area contributed by atoms with Gasteiger partial charge in [0, 0.05) is 19.3 Å². The monoisotopic (exact) mass is 347 g/mol. The Balaban J connectivity index is 1.54. The van der Waals surface area contributed by atoms with Crippen molar-refractivity contribution in [2.45, 2.75) is 12.8 Å². The number of rotatable bonds is 2. The molecule has 5 aromatic rings. The zero-order chi connectivity index (χ0) is 18.0. The van der Waals surface area contributed by atoms with Crippen LogP contribution in [0.3, 0.4) is 0 Å². The molecule has 0 amide bonds. The Morgan fingerprint density at radius 1 is 0.778 bits per heavy atom. The fourth-order valence-electron chi connectivity index (χ4n) is 4.90. The molecule has 0 bridgehead atoms. The van der Waals surface area contributed by atoms with Gasteiger partial charge in [0.15, 0.2) is 0 Å². The third-order valence-electron chi connectivity index (χ3n) is 6.29. The first-order chi connectivity index (χ1) is 13.3. The Morgan fingerprint density at radius 2 is 1.52 bits per heavy atom. The van der Waals surface area contributed by atoms with Crippen molar-refractivity contribution in [2.24, 2.45) is 0 Å². The number of fused-ring (bicyclic) bond motifs is 1. The Kier molecular flexibility index (Phi) is 3.05. The smallest absolute Gasteiger partial charge is 0.0397 e. The van der Waals surface area contributed by atoms with E-state index in [0.717, 1.165) is 19.4 Å². The predicted octanol–water partition coefficient (Wildman–Crippen LogP) is 6.17. The highest BCUT2D eigenvalue weighted by Gasteiger charge is 2.16. The van der Waals surface area contributed by atoms with E-state index in [9.17, 15) is 0 Å². The zero-order valence-corrected chi connectivity index (χ0v) is 15.5. The van der Waals surface area contributed by atoms with E-state index in [1.165, 1.54) is 54.7 Å². The van der Waals surface area contributed by atoms with E-state index in [1.54, 1.807) is 0 Å². The van der Waals surface area contributed by atoms with E-state index in [0.29, 0.717) is 0 Å². The third kappa shape index (κ3) is 2.18. The van der Waals surface area contributed by atoms with Gasteiger partial charge in [-0.3, -0.25) is 0 Å². The average molecular weight is 347 g/mol. The van der Waals surface area contributed by atoms with Gasteiger partial charge in [-0.15, -0.1) is 0 Å². The molecule has 0 saturated heterocycles. The molecule has 1 aliphatic heterocycles. The molecule has 0 aromatic heterocycles. The van der Waals surface area contributed by atoms with Crippen LogP contribution in [0.2, 0.25) is 0 Å². The minimum Gasteiger partial charge on any atom is -0.374 e. The van der Waals surface area contributed by atoms with Crippen LogP contribution in [0.15, 0.2) is 72.8 Å². The Bertz CT molecular complexity index is 1300. The molecule has 27 heavy (non-hydrogen) atoms. The molecule has 1 aliphatic rings. The molecule has 1 heterocycles. The molecular weight excluding hydrogens is 326 g/mol. The number of likely N-dealkylation sites (N-methyl/N-ethyl adjacent to an activating group) is 1. The van der Waals surface area contributed by atoms with Gasteiger partial charge in [0.1, 0.15) is 0 Å². The molecule has 0 radical (unpaired) electrons. The van der Waals surface area contributed by atoms with Gasteiger partial charge in [0.05, 0.1) is 0 Å². The fourth-order valence-corrected chi connectivity index (χ4v) is 4.90. The van der Waals surface area contributed by atoms with Crippen molar-refractivity contribution in [3.63, 3.8) is 0 Å². The predicted molar refractivity (Wildman–Crippen MR) is 116 cm³/mol. The molecule has 1 nitrogen and oxygen atoms in total. The molecule has 1 heteroatoms. The van der Waals surface area contributed by atoms with Crippen LogP contribution in [0, 0.1) is 0 Å². The van der Waals surface area contributed by atoms with E-state index < -0.39 is 0 Å². The summed E-state index contributed by atoms with van der Waals surface area (Å²) in [4.78, 5) is 2.36. The third-order valence-corrected chi connectivity index (χ3v) is 6.29. The average Bonchev–Trinajstić information content (AvgIpc) is 3.07. The van der Waals surface area contributed by atoms with Crippen molar-refractivity contribution in [1.29, 1.82) is 0 Å². The Hall–Kier alpha value is -3.06. The lowest BCUT2D eigenvalue weighted by Gasteiger charge is -2.15. The number of anilines is 1. The van der Waals surface area contributed by atoms with Gasteiger partial charge >= 0.3 is 0 Å². The summed E-state index contributed by atoms with van der Waals surface area (Å²) < 4.78 is 0. The number of nitrogens with zero attached hydrogens (tertiary/aromatic N) is 1. The lowest BCUT2D eigenvalue weighted by molar-refractivity contribution is 0.956. The summed E-state index contributed by atoms with van der Waals surface area (Å²) in [6, 6.07) is 27.4. The van der Waals surface area contributed by atoms with Gasteiger partial charge in [-0.1, -0.05) is 66.7 Å². The van der Waals surface area contributed by atoms with Gasteiger partial charge in [-0.25, -0.2) is 0 Å². The van der Waals surface area contributed by atoms with Gasteiger partial charge in [0.25, 0.3) is 0 Å². The first-order valence-electron chi connectivity index (χ1n) is 9.76. The number of hydrogen-bond donors (Lipinski definition) is 0. The lowest BCUT2D eigenvalue weighted by atomic mass is 9.90. The summed E-state index contributed by atoms with van der Waals surface area (Å²) in [6.45, 7) is 1.14. The highest BCUT2D eigenvalue weighted by Crippen LogP contribution is 2.37. The molecule has 0 atom stereocenters. The highest BCUT2D eigenvalue weighted by atomic mass is 15.1. The van der Waals surface area contributed by atoms with Crippen molar-refractivity contribution in [3.05, 3.63) is 89.5 Å². The second-order valence-corrected chi connectivity index (χ2v) is 7.89. The quantitative estimate of drug-likeness (QED) is 0.345. The summed E-state index contributed by atoms with van der Waals surface area (Å²) in [5, 5.41) is 8.24. The second-order valence-electron chi connectivity index (χ2n) is 7.89. The van der Waals surface area contributed by atoms with Crippen molar-refractivity contribution in [1.82, 2.24) is 0 Å². The van der Waals surface area contributed by atoms with Crippen LogP contribution in [0.25, 0.3) is 32.3 Å². The topological polar surface area (TPSA) is 3.24 Å². The Labute approximate surface area is 159 Å². The Morgan fingerprint density at radius 3 is 2.37 bits per heavy atom. The molecule has 0 aliphatic carbocycles. The standard InChI is InChI=1S/C26H21N/c1-27-14-13-22-16-17(5-12-24(22)27)15-21-9-8-20-7-6-18-3-2-4-19-10-11-23(21)26(20)25(18)19/h2-12,16H,13-15H2,1H3. The van der Waals surface area contributed by atoms with E-state index in [-0.39, 0.29) is 0 Å².